The van der Waals surface area contributed by atoms with Crippen LogP contribution in [0.4, 0.5) is 0 Å². The quantitative estimate of drug-likeness (QED) is 0.838. The highest BCUT2D eigenvalue weighted by atomic mass is 32.1. The standard InChI is InChI=1S/C11H13NO4S/c1-16-11(15)9-12-7(10(13)14)8(17-9)6-4-2-3-5-6/h6H,2-5H2,1H3,(H,13,14). The molecule has 0 aliphatic heterocycles. The Hall–Kier alpha value is -1.43. The zero-order valence-electron chi connectivity index (χ0n) is 9.43. The number of methoxy groups -OCH3 is 1. The zero-order valence-corrected chi connectivity index (χ0v) is 10.2. The Kier molecular flexibility index (Phi) is 3.42. The Labute approximate surface area is 102 Å². The number of rotatable bonds is 3. The molecule has 1 fully saturated rings. The van der Waals surface area contributed by atoms with Crippen LogP contribution in [0.3, 0.4) is 0 Å². The van der Waals surface area contributed by atoms with E-state index in [0.717, 1.165) is 41.9 Å². The van der Waals surface area contributed by atoms with E-state index in [0.29, 0.717) is 0 Å². The summed E-state index contributed by atoms with van der Waals surface area (Å²) in [6.07, 6.45) is 4.16. The van der Waals surface area contributed by atoms with Crippen LogP contribution in [0, 0.1) is 0 Å². The summed E-state index contributed by atoms with van der Waals surface area (Å²) in [5.41, 5.74) is 0.0160. The van der Waals surface area contributed by atoms with Crippen LogP contribution in [-0.2, 0) is 4.74 Å². The third-order valence-electron chi connectivity index (χ3n) is 2.94. The van der Waals surface area contributed by atoms with Crippen LogP contribution in [-0.4, -0.2) is 29.1 Å². The summed E-state index contributed by atoms with van der Waals surface area (Å²) in [6.45, 7) is 0. The number of nitrogens with zero attached hydrogens (tertiary/aromatic N) is 1. The minimum absolute atomic E-state index is 0.0160. The average Bonchev–Trinajstić information content (AvgIpc) is 2.95. The average molecular weight is 255 g/mol. The summed E-state index contributed by atoms with van der Waals surface area (Å²) in [5.74, 6) is -1.41. The first kappa shape index (κ1) is 12.0. The van der Waals surface area contributed by atoms with E-state index in [2.05, 4.69) is 9.72 Å². The number of carbonyl (C=O) groups excluding carboxylic acids is 1. The largest absolute Gasteiger partial charge is 0.476 e. The maximum absolute atomic E-state index is 11.3. The van der Waals surface area contributed by atoms with E-state index < -0.39 is 11.9 Å². The first-order valence-electron chi connectivity index (χ1n) is 5.45. The Morgan fingerprint density at radius 3 is 2.59 bits per heavy atom. The normalized spacial score (nSPS) is 16.1. The van der Waals surface area contributed by atoms with Gasteiger partial charge in [-0.2, -0.15) is 0 Å². The van der Waals surface area contributed by atoms with Gasteiger partial charge in [0, 0.05) is 4.88 Å². The van der Waals surface area contributed by atoms with E-state index in [4.69, 9.17) is 5.11 Å². The second kappa shape index (κ2) is 4.83. The molecule has 1 aliphatic carbocycles. The third-order valence-corrected chi connectivity index (χ3v) is 4.14. The van der Waals surface area contributed by atoms with Crippen molar-refractivity contribution in [2.24, 2.45) is 0 Å². The summed E-state index contributed by atoms with van der Waals surface area (Å²) in [4.78, 5) is 27.0. The van der Waals surface area contributed by atoms with Gasteiger partial charge in [-0.1, -0.05) is 12.8 Å². The van der Waals surface area contributed by atoms with Crippen molar-refractivity contribution >= 4 is 23.3 Å². The van der Waals surface area contributed by atoms with Crippen LogP contribution < -0.4 is 0 Å². The van der Waals surface area contributed by atoms with E-state index in [9.17, 15) is 9.59 Å². The number of thiazole rings is 1. The summed E-state index contributed by atoms with van der Waals surface area (Å²) in [5, 5.41) is 9.22. The number of hydrogen-bond acceptors (Lipinski definition) is 5. The molecule has 1 aliphatic rings. The molecule has 1 aromatic heterocycles. The van der Waals surface area contributed by atoms with Gasteiger partial charge in [0.15, 0.2) is 5.69 Å². The van der Waals surface area contributed by atoms with Crippen molar-refractivity contribution in [3.8, 4) is 0 Å². The van der Waals surface area contributed by atoms with Crippen LogP contribution in [0.15, 0.2) is 0 Å². The molecule has 0 aromatic carbocycles. The van der Waals surface area contributed by atoms with Crippen molar-refractivity contribution in [2.45, 2.75) is 31.6 Å². The van der Waals surface area contributed by atoms with E-state index in [1.54, 1.807) is 0 Å². The molecule has 0 unspecified atom stereocenters. The molecule has 0 atom stereocenters. The van der Waals surface area contributed by atoms with Gasteiger partial charge in [0.25, 0.3) is 0 Å². The molecule has 1 heterocycles. The lowest BCUT2D eigenvalue weighted by Crippen LogP contribution is -2.05. The van der Waals surface area contributed by atoms with Crippen molar-refractivity contribution < 1.29 is 19.4 Å². The molecule has 17 heavy (non-hydrogen) atoms. The zero-order chi connectivity index (χ0) is 12.4. The number of ether oxygens (including phenoxy) is 1. The van der Waals surface area contributed by atoms with Crippen molar-refractivity contribution in [3.63, 3.8) is 0 Å². The number of esters is 1. The van der Waals surface area contributed by atoms with Gasteiger partial charge in [0.05, 0.1) is 7.11 Å². The SMILES string of the molecule is COC(=O)c1nc(C(=O)O)c(C2CCCC2)s1. The van der Waals surface area contributed by atoms with Crippen molar-refractivity contribution in [3.05, 3.63) is 15.6 Å². The first-order chi connectivity index (χ1) is 8.13. The van der Waals surface area contributed by atoms with Crippen molar-refractivity contribution in [1.29, 1.82) is 0 Å². The maximum atomic E-state index is 11.3. The van der Waals surface area contributed by atoms with Gasteiger partial charge in [0.2, 0.25) is 5.01 Å². The highest BCUT2D eigenvalue weighted by Gasteiger charge is 2.28. The second-order valence-electron chi connectivity index (χ2n) is 4.01. The summed E-state index contributed by atoms with van der Waals surface area (Å²) < 4.78 is 4.56. The fourth-order valence-electron chi connectivity index (χ4n) is 2.12. The lowest BCUT2D eigenvalue weighted by molar-refractivity contribution is 0.0600. The Bertz CT molecular complexity index is 448. The lowest BCUT2D eigenvalue weighted by atomic mass is 10.1. The molecular weight excluding hydrogens is 242 g/mol. The van der Waals surface area contributed by atoms with Gasteiger partial charge in [-0.3, -0.25) is 0 Å². The minimum atomic E-state index is -1.07. The van der Waals surface area contributed by atoms with Crippen LogP contribution >= 0.6 is 11.3 Å². The van der Waals surface area contributed by atoms with E-state index in [1.165, 1.54) is 7.11 Å². The van der Waals surface area contributed by atoms with E-state index in [-0.39, 0.29) is 16.6 Å². The number of aromatic carboxylic acids is 1. The molecule has 0 bridgehead atoms. The van der Waals surface area contributed by atoms with Crippen molar-refractivity contribution in [1.82, 2.24) is 4.98 Å². The highest BCUT2D eigenvalue weighted by Crippen LogP contribution is 2.39. The summed E-state index contributed by atoms with van der Waals surface area (Å²) >= 11 is 1.15. The van der Waals surface area contributed by atoms with Gasteiger partial charge in [-0.25, -0.2) is 14.6 Å². The van der Waals surface area contributed by atoms with Gasteiger partial charge in [0.1, 0.15) is 0 Å². The Morgan fingerprint density at radius 2 is 2.06 bits per heavy atom. The number of hydrogen-bond donors (Lipinski definition) is 1. The third kappa shape index (κ3) is 2.31. The van der Waals surface area contributed by atoms with Gasteiger partial charge in [-0.05, 0) is 18.8 Å². The molecule has 1 aromatic rings. The maximum Gasteiger partial charge on any atom is 0.367 e. The minimum Gasteiger partial charge on any atom is -0.476 e. The van der Waals surface area contributed by atoms with Gasteiger partial charge < -0.3 is 9.84 Å². The smallest absolute Gasteiger partial charge is 0.367 e. The van der Waals surface area contributed by atoms with Crippen LogP contribution in [0.25, 0.3) is 0 Å². The van der Waals surface area contributed by atoms with Gasteiger partial charge >= 0.3 is 11.9 Å². The molecular formula is C11H13NO4S. The topological polar surface area (TPSA) is 76.5 Å². The van der Waals surface area contributed by atoms with Crippen molar-refractivity contribution in [2.75, 3.05) is 7.11 Å². The first-order valence-corrected chi connectivity index (χ1v) is 6.27. The molecule has 1 N–H and O–H groups in total. The van der Waals surface area contributed by atoms with Crippen LogP contribution in [0.2, 0.25) is 0 Å². The molecule has 0 amide bonds. The fraction of sp³-hybridized carbons (Fsp3) is 0.545. The molecule has 0 saturated heterocycles. The molecule has 0 spiro atoms. The van der Waals surface area contributed by atoms with E-state index in [1.807, 2.05) is 0 Å². The monoisotopic (exact) mass is 255 g/mol. The lowest BCUT2D eigenvalue weighted by Gasteiger charge is -2.05. The number of aromatic nitrogens is 1. The predicted molar refractivity (Wildman–Crippen MR) is 61.6 cm³/mol. The molecule has 2 rings (SSSR count). The summed E-state index contributed by atoms with van der Waals surface area (Å²) in [6, 6.07) is 0. The van der Waals surface area contributed by atoms with Crippen LogP contribution in [0.5, 0.6) is 0 Å². The fourth-order valence-corrected chi connectivity index (χ4v) is 3.27. The highest BCUT2D eigenvalue weighted by molar-refractivity contribution is 7.13. The van der Waals surface area contributed by atoms with E-state index >= 15 is 0 Å². The predicted octanol–water partition coefficient (Wildman–Crippen LogP) is 2.29. The number of carboxylic acids is 1. The van der Waals surface area contributed by atoms with Crippen LogP contribution in [0.1, 0.15) is 56.8 Å². The Morgan fingerprint density at radius 1 is 1.41 bits per heavy atom. The molecule has 1 saturated carbocycles. The van der Waals surface area contributed by atoms with Gasteiger partial charge in [-0.15, -0.1) is 11.3 Å². The molecule has 5 nitrogen and oxygen atoms in total. The molecule has 0 radical (unpaired) electrons. The molecule has 92 valence electrons. The molecule has 6 heteroatoms. The number of carboxylic acid groups (broad SMARTS) is 1. The Balaban J connectivity index is 2.37. The second-order valence-corrected chi connectivity index (χ2v) is 5.04. The summed E-state index contributed by atoms with van der Waals surface area (Å²) in [7, 11) is 1.26. The number of carbonyl (C=O) groups is 2.